The van der Waals surface area contributed by atoms with Crippen LogP contribution in [0, 0.1) is 0 Å². The van der Waals surface area contributed by atoms with Crippen LogP contribution in [0.4, 0.5) is 0 Å². The number of hydrogen-bond acceptors (Lipinski definition) is 2. The van der Waals surface area contributed by atoms with Crippen LogP contribution in [0.5, 0.6) is 0 Å². The van der Waals surface area contributed by atoms with E-state index < -0.39 is 0 Å². The van der Waals surface area contributed by atoms with Gasteiger partial charge in [0.2, 0.25) is 0 Å². The Labute approximate surface area is 97.4 Å². The number of aryl methyl sites for hydroxylation is 1. The molecular formula is C13H21N3. The Morgan fingerprint density at radius 1 is 1.25 bits per heavy atom. The third-order valence-electron chi connectivity index (χ3n) is 4.41. The van der Waals surface area contributed by atoms with E-state index in [-0.39, 0.29) is 0 Å². The van der Waals surface area contributed by atoms with Crippen LogP contribution in [0.25, 0.3) is 0 Å². The van der Waals surface area contributed by atoms with Crippen molar-refractivity contribution in [3.8, 4) is 0 Å². The van der Waals surface area contributed by atoms with E-state index in [9.17, 15) is 0 Å². The van der Waals surface area contributed by atoms with Crippen LogP contribution < -0.4 is 0 Å². The summed E-state index contributed by atoms with van der Waals surface area (Å²) in [5.41, 5.74) is 1.94. The first-order chi connectivity index (χ1) is 7.78. The topological polar surface area (TPSA) is 21.1 Å². The number of hydrogen-bond donors (Lipinski definition) is 0. The summed E-state index contributed by atoms with van der Waals surface area (Å²) in [6.45, 7) is 2.39. The maximum Gasteiger partial charge on any atom is 0.0534 e. The zero-order valence-electron chi connectivity index (χ0n) is 10.2. The van der Waals surface area contributed by atoms with Gasteiger partial charge in [0.25, 0.3) is 0 Å². The van der Waals surface area contributed by atoms with Crippen molar-refractivity contribution in [2.24, 2.45) is 7.05 Å². The molecule has 1 aromatic rings. The lowest BCUT2D eigenvalue weighted by molar-refractivity contribution is 0.135. The van der Waals surface area contributed by atoms with E-state index in [0.29, 0.717) is 5.54 Å². The van der Waals surface area contributed by atoms with Gasteiger partial charge in [0.1, 0.15) is 0 Å². The van der Waals surface area contributed by atoms with Gasteiger partial charge < -0.3 is 0 Å². The van der Waals surface area contributed by atoms with Crippen molar-refractivity contribution in [1.82, 2.24) is 14.7 Å². The van der Waals surface area contributed by atoms with Crippen LogP contribution in [0.15, 0.2) is 12.4 Å². The van der Waals surface area contributed by atoms with Crippen molar-refractivity contribution in [3.05, 3.63) is 18.0 Å². The molecule has 0 N–H and O–H groups in total. The minimum absolute atomic E-state index is 0.565. The van der Waals surface area contributed by atoms with E-state index in [4.69, 9.17) is 0 Å². The minimum atomic E-state index is 0.565. The highest BCUT2D eigenvalue weighted by Crippen LogP contribution is 2.43. The first-order valence-corrected chi connectivity index (χ1v) is 6.51. The summed E-state index contributed by atoms with van der Waals surface area (Å²) in [5, 5.41) is 4.26. The standard InChI is InChI=1S/C13H21N3/c1-15-10-12(9-14-15)11-16-8-4-7-13(16)5-2-3-6-13/h9-10H,2-8,11H2,1H3. The van der Waals surface area contributed by atoms with Crippen molar-refractivity contribution in [1.29, 1.82) is 0 Å². The Hall–Kier alpha value is -0.830. The molecular weight excluding hydrogens is 198 g/mol. The maximum absolute atomic E-state index is 4.26. The molecule has 16 heavy (non-hydrogen) atoms. The molecule has 3 rings (SSSR count). The molecule has 3 heteroatoms. The van der Waals surface area contributed by atoms with Gasteiger partial charge in [-0.1, -0.05) is 12.8 Å². The molecule has 1 aliphatic carbocycles. The second kappa shape index (κ2) is 3.88. The van der Waals surface area contributed by atoms with E-state index in [1.165, 1.54) is 50.6 Å². The highest BCUT2D eigenvalue weighted by molar-refractivity contribution is 5.07. The fourth-order valence-electron chi connectivity index (χ4n) is 3.61. The van der Waals surface area contributed by atoms with Crippen molar-refractivity contribution < 1.29 is 0 Å². The van der Waals surface area contributed by atoms with Gasteiger partial charge in [0.15, 0.2) is 0 Å². The summed E-state index contributed by atoms with van der Waals surface area (Å²) in [6, 6.07) is 0. The molecule has 0 bridgehead atoms. The number of rotatable bonds is 2. The first kappa shape index (κ1) is 10.3. The highest BCUT2D eigenvalue weighted by atomic mass is 15.3. The van der Waals surface area contributed by atoms with Crippen molar-refractivity contribution in [2.75, 3.05) is 6.54 Å². The second-order valence-electron chi connectivity index (χ2n) is 5.48. The molecule has 1 spiro atoms. The third kappa shape index (κ3) is 1.67. The van der Waals surface area contributed by atoms with Gasteiger partial charge in [0, 0.05) is 30.9 Å². The van der Waals surface area contributed by atoms with Crippen LogP contribution in [0.1, 0.15) is 44.1 Å². The van der Waals surface area contributed by atoms with Crippen LogP contribution in [0.3, 0.4) is 0 Å². The quantitative estimate of drug-likeness (QED) is 0.761. The molecule has 88 valence electrons. The van der Waals surface area contributed by atoms with E-state index in [2.05, 4.69) is 16.2 Å². The van der Waals surface area contributed by atoms with Crippen LogP contribution in [-0.4, -0.2) is 26.8 Å². The molecule has 1 saturated carbocycles. The monoisotopic (exact) mass is 219 g/mol. The molecule has 0 radical (unpaired) electrons. The molecule has 0 unspecified atom stereocenters. The van der Waals surface area contributed by atoms with Crippen LogP contribution in [-0.2, 0) is 13.6 Å². The lowest BCUT2D eigenvalue weighted by Crippen LogP contribution is -2.40. The SMILES string of the molecule is Cn1cc(CN2CCCC23CCCC3)cn1. The number of aromatic nitrogens is 2. The van der Waals surface area contributed by atoms with Crippen molar-refractivity contribution >= 4 is 0 Å². The minimum Gasteiger partial charge on any atom is -0.293 e. The first-order valence-electron chi connectivity index (χ1n) is 6.51. The lowest BCUT2D eigenvalue weighted by Gasteiger charge is -2.34. The predicted octanol–water partition coefficient (Wildman–Crippen LogP) is 2.33. The average Bonchev–Trinajstić information content (AvgIpc) is 2.95. The summed E-state index contributed by atoms with van der Waals surface area (Å²) < 4.78 is 1.91. The zero-order valence-corrected chi connectivity index (χ0v) is 10.2. The van der Waals surface area contributed by atoms with Gasteiger partial charge in [-0.25, -0.2) is 0 Å². The van der Waals surface area contributed by atoms with Gasteiger partial charge in [-0.15, -0.1) is 0 Å². The van der Waals surface area contributed by atoms with Gasteiger partial charge >= 0.3 is 0 Å². The lowest BCUT2D eigenvalue weighted by atomic mass is 9.94. The molecule has 2 heterocycles. The van der Waals surface area contributed by atoms with Crippen molar-refractivity contribution in [2.45, 2.75) is 50.6 Å². The summed E-state index contributed by atoms with van der Waals surface area (Å²) in [4.78, 5) is 2.72. The molecule has 3 nitrogen and oxygen atoms in total. The van der Waals surface area contributed by atoms with Gasteiger partial charge in [-0.2, -0.15) is 5.10 Å². The van der Waals surface area contributed by atoms with Gasteiger partial charge in [-0.3, -0.25) is 9.58 Å². The summed E-state index contributed by atoms with van der Waals surface area (Å²) in [5.74, 6) is 0. The van der Waals surface area contributed by atoms with Crippen molar-refractivity contribution in [3.63, 3.8) is 0 Å². The molecule has 1 aromatic heterocycles. The molecule has 1 saturated heterocycles. The fourth-order valence-corrected chi connectivity index (χ4v) is 3.61. The van der Waals surface area contributed by atoms with Crippen LogP contribution >= 0.6 is 0 Å². The summed E-state index contributed by atoms with van der Waals surface area (Å²) in [6.07, 6.45) is 12.7. The Morgan fingerprint density at radius 2 is 2.00 bits per heavy atom. The van der Waals surface area contributed by atoms with E-state index >= 15 is 0 Å². The largest absolute Gasteiger partial charge is 0.293 e. The smallest absolute Gasteiger partial charge is 0.0534 e. The Morgan fingerprint density at radius 3 is 2.69 bits per heavy atom. The fraction of sp³-hybridized carbons (Fsp3) is 0.769. The van der Waals surface area contributed by atoms with Gasteiger partial charge in [0.05, 0.1) is 6.20 Å². The van der Waals surface area contributed by atoms with Gasteiger partial charge in [-0.05, 0) is 32.2 Å². The molecule has 2 aliphatic rings. The summed E-state index contributed by atoms with van der Waals surface area (Å²) >= 11 is 0. The molecule has 0 atom stereocenters. The zero-order chi connectivity index (χ0) is 11.0. The summed E-state index contributed by atoms with van der Waals surface area (Å²) in [7, 11) is 2.00. The Kier molecular flexibility index (Phi) is 2.51. The predicted molar refractivity (Wildman–Crippen MR) is 64.1 cm³/mol. The van der Waals surface area contributed by atoms with E-state index in [1.807, 2.05) is 17.9 Å². The Bertz CT molecular complexity index is 357. The third-order valence-corrected chi connectivity index (χ3v) is 4.41. The second-order valence-corrected chi connectivity index (χ2v) is 5.48. The molecule has 1 aliphatic heterocycles. The molecule has 0 aromatic carbocycles. The maximum atomic E-state index is 4.26. The Balaban J connectivity index is 1.74. The van der Waals surface area contributed by atoms with E-state index in [1.54, 1.807) is 0 Å². The normalized spacial score (nSPS) is 24.6. The average molecular weight is 219 g/mol. The highest BCUT2D eigenvalue weighted by Gasteiger charge is 2.42. The molecule has 0 amide bonds. The van der Waals surface area contributed by atoms with Crippen LogP contribution in [0.2, 0.25) is 0 Å². The molecule has 2 fully saturated rings. The number of likely N-dealkylation sites (tertiary alicyclic amines) is 1. The van der Waals surface area contributed by atoms with E-state index in [0.717, 1.165) is 6.54 Å². The number of nitrogens with zero attached hydrogens (tertiary/aromatic N) is 3.